The number of hydrazone groups is 1. The number of phenolic OH excluding ortho intramolecular Hbond substituents is 1. The molecule has 1 heterocycles. The summed E-state index contributed by atoms with van der Waals surface area (Å²) in [6.07, 6.45) is 6.52. The Labute approximate surface area is 121 Å². The van der Waals surface area contributed by atoms with E-state index in [0.717, 1.165) is 17.0 Å². The van der Waals surface area contributed by atoms with Gasteiger partial charge in [-0.25, -0.2) is 0 Å². The number of phenols is 1. The van der Waals surface area contributed by atoms with E-state index in [9.17, 15) is 14.7 Å². The zero-order valence-corrected chi connectivity index (χ0v) is 11.2. The fourth-order valence-electron chi connectivity index (χ4n) is 3.69. The van der Waals surface area contributed by atoms with Gasteiger partial charge in [-0.1, -0.05) is 12.2 Å². The molecular weight excluding hydrogens is 268 g/mol. The van der Waals surface area contributed by atoms with E-state index in [4.69, 9.17) is 0 Å². The molecule has 1 aromatic carbocycles. The summed E-state index contributed by atoms with van der Waals surface area (Å²) in [6, 6.07) is 6.42. The van der Waals surface area contributed by atoms with Crippen LogP contribution < -0.4 is 0 Å². The van der Waals surface area contributed by atoms with Crippen molar-refractivity contribution in [2.75, 3.05) is 0 Å². The molecule has 3 aliphatic rings. The first-order valence-corrected chi connectivity index (χ1v) is 7.04. The number of rotatable bonds is 2. The van der Waals surface area contributed by atoms with Crippen LogP contribution in [0.4, 0.5) is 0 Å². The number of carbonyl (C=O) groups excluding carboxylic acids is 2. The van der Waals surface area contributed by atoms with E-state index in [1.165, 1.54) is 18.3 Å². The molecule has 1 N–H and O–H groups in total. The van der Waals surface area contributed by atoms with Crippen molar-refractivity contribution in [3.63, 3.8) is 0 Å². The van der Waals surface area contributed by atoms with Gasteiger partial charge in [0, 0.05) is 0 Å². The molecule has 5 heteroatoms. The number of carbonyl (C=O) groups is 2. The van der Waals surface area contributed by atoms with Crippen LogP contribution in [-0.2, 0) is 9.59 Å². The van der Waals surface area contributed by atoms with Crippen LogP contribution in [0.15, 0.2) is 41.5 Å². The first-order chi connectivity index (χ1) is 10.1. The van der Waals surface area contributed by atoms with Crippen LogP contribution in [0.1, 0.15) is 12.0 Å². The van der Waals surface area contributed by atoms with Gasteiger partial charge in [-0.05, 0) is 48.1 Å². The predicted octanol–water partition coefficient (Wildman–Crippen LogP) is 1.53. The Kier molecular flexibility index (Phi) is 2.51. The molecule has 1 saturated carbocycles. The predicted molar refractivity (Wildman–Crippen MR) is 75.3 cm³/mol. The molecule has 2 aliphatic carbocycles. The van der Waals surface area contributed by atoms with E-state index in [1.54, 1.807) is 12.1 Å². The standard InChI is InChI=1S/C16H14N2O3/c19-12-5-1-9(2-6-12)8-17-18-15(20)13-10-3-4-11(7-10)14(13)16(18)21/h1-6,8,10-11,13-14,19H,7H2/b17-8+/t10-,11-,13+,14+/m1/s1. The van der Waals surface area contributed by atoms with Crippen molar-refractivity contribution in [3.05, 3.63) is 42.0 Å². The highest BCUT2D eigenvalue weighted by molar-refractivity contribution is 6.06. The Bertz CT molecular complexity index is 647. The summed E-state index contributed by atoms with van der Waals surface area (Å²) in [7, 11) is 0. The maximum absolute atomic E-state index is 12.4. The van der Waals surface area contributed by atoms with Gasteiger partial charge in [-0.15, -0.1) is 0 Å². The molecule has 2 amide bonds. The summed E-state index contributed by atoms with van der Waals surface area (Å²) in [4.78, 5) is 24.8. The Morgan fingerprint density at radius 3 is 2.19 bits per heavy atom. The summed E-state index contributed by atoms with van der Waals surface area (Å²) in [5.41, 5.74) is 0.728. The molecule has 4 rings (SSSR count). The topological polar surface area (TPSA) is 70.0 Å². The normalized spacial score (nSPS) is 33.4. The fourth-order valence-corrected chi connectivity index (χ4v) is 3.69. The Hall–Kier alpha value is -2.43. The van der Waals surface area contributed by atoms with Crippen LogP contribution in [0.25, 0.3) is 0 Å². The van der Waals surface area contributed by atoms with Gasteiger partial charge in [-0.3, -0.25) is 9.59 Å². The van der Waals surface area contributed by atoms with E-state index in [0.29, 0.717) is 0 Å². The molecule has 1 saturated heterocycles. The third-order valence-corrected chi connectivity index (χ3v) is 4.66. The number of hydrogen-bond acceptors (Lipinski definition) is 4. The number of aromatic hydroxyl groups is 1. The number of amides is 2. The third kappa shape index (κ3) is 1.73. The summed E-state index contributed by atoms with van der Waals surface area (Å²) < 4.78 is 0. The first kappa shape index (κ1) is 12.3. The number of fused-ring (bicyclic) bond motifs is 5. The van der Waals surface area contributed by atoms with Gasteiger partial charge in [0.05, 0.1) is 18.1 Å². The lowest BCUT2D eigenvalue weighted by Gasteiger charge is -2.13. The fraction of sp³-hybridized carbons (Fsp3) is 0.312. The lowest BCUT2D eigenvalue weighted by atomic mass is 9.85. The minimum absolute atomic E-state index is 0.164. The zero-order valence-electron chi connectivity index (χ0n) is 11.2. The Balaban J connectivity index is 1.58. The second-order valence-corrected chi connectivity index (χ2v) is 5.82. The highest BCUT2D eigenvalue weighted by Gasteiger charge is 2.59. The molecule has 0 unspecified atom stereocenters. The number of allylic oxidation sites excluding steroid dienone is 2. The molecule has 0 aromatic heterocycles. The van der Waals surface area contributed by atoms with Gasteiger partial charge in [0.1, 0.15) is 5.75 Å². The van der Waals surface area contributed by atoms with Crippen LogP contribution in [-0.4, -0.2) is 28.1 Å². The maximum Gasteiger partial charge on any atom is 0.254 e. The molecule has 1 aliphatic heterocycles. The summed E-state index contributed by atoms with van der Waals surface area (Å²) in [5, 5.41) is 14.3. The van der Waals surface area contributed by atoms with Crippen molar-refractivity contribution >= 4 is 18.0 Å². The number of imide groups is 1. The average molecular weight is 282 g/mol. The minimum Gasteiger partial charge on any atom is -0.508 e. The molecule has 106 valence electrons. The Morgan fingerprint density at radius 2 is 1.62 bits per heavy atom. The number of hydrogen-bond donors (Lipinski definition) is 1. The number of nitrogens with zero attached hydrogens (tertiary/aromatic N) is 2. The van der Waals surface area contributed by atoms with Gasteiger partial charge in [0.15, 0.2) is 0 Å². The maximum atomic E-state index is 12.4. The highest BCUT2D eigenvalue weighted by atomic mass is 16.3. The third-order valence-electron chi connectivity index (χ3n) is 4.66. The molecular formula is C16H14N2O3. The largest absolute Gasteiger partial charge is 0.508 e. The van der Waals surface area contributed by atoms with E-state index >= 15 is 0 Å². The molecule has 0 spiro atoms. The van der Waals surface area contributed by atoms with Crippen LogP contribution in [0.5, 0.6) is 5.75 Å². The molecule has 5 nitrogen and oxygen atoms in total. The van der Waals surface area contributed by atoms with Gasteiger partial charge < -0.3 is 5.11 Å². The van der Waals surface area contributed by atoms with Crippen LogP contribution in [0.3, 0.4) is 0 Å². The Morgan fingerprint density at radius 1 is 1.05 bits per heavy atom. The second-order valence-electron chi connectivity index (χ2n) is 5.82. The van der Waals surface area contributed by atoms with Crippen LogP contribution in [0, 0.1) is 23.7 Å². The van der Waals surface area contributed by atoms with Crippen LogP contribution in [0.2, 0.25) is 0 Å². The highest BCUT2D eigenvalue weighted by Crippen LogP contribution is 2.52. The SMILES string of the molecule is O=C1[C@@H]2[C@@H](C(=O)N1/N=C/c1ccc(O)cc1)[C@@H]1C=C[C@@H]2C1. The molecule has 21 heavy (non-hydrogen) atoms. The number of benzene rings is 1. The average Bonchev–Trinajstić information content (AvgIpc) is 3.14. The molecule has 2 fully saturated rings. The smallest absolute Gasteiger partial charge is 0.254 e. The van der Waals surface area contributed by atoms with Crippen molar-refractivity contribution in [3.8, 4) is 5.75 Å². The summed E-state index contributed by atoms with van der Waals surface area (Å²) >= 11 is 0. The second kappa shape index (κ2) is 4.28. The van der Waals surface area contributed by atoms with E-state index in [2.05, 4.69) is 17.3 Å². The van der Waals surface area contributed by atoms with E-state index < -0.39 is 0 Å². The van der Waals surface area contributed by atoms with Crippen molar-refractivity contribution in [1.82, 2.24) is 5.01 Å². The van der Waals surface area contributed by atoms with Gasteiger partial charge >= 0.3 is 0 Å². The quantitative estimate of drug-likeness (QED) is 0.508. The van der Waals surface area contributed by atoms with Gasteiger partial charge in [0.2, 0.25) is 0 Å². The molecule has 0 radical (unpaired) electrons. The molecule has 4 atom stereocenters. The van der Waals surface area contributed by atoms with Crippen LogP contribution >= 0.6 is 0 Å². The van der Waals surface area contributed by atoms with E-state index in [1.807, 2.05) is 0 Å². The van der Waals surface area contributed by atoms with Crippen molar-refractivity contribution in [1.29, 1.82) is 0 Å². The minimum atomic E-state index is -0.218. The lowest BCUT2D eigenvalue weighted by molar-refractivity contribution is -0.140. The zero-order chi connectivity index (χ0) is 14.6. The molecule has 1 aromatic rings. The van der Waals surface area contributed by atoms with Gasteiger partial charge in [-0.2, -0.15) is 10.1 Å². The van der Waals surface area contributed by atoms with E-state index in [-0.39, 0.29) is 41.2 Å². The summed E-state index contributed by atoms with van der Waals surface area (Å²) in [6.45, 7) is 0. The lowest BCUT2D eigenvalue weighted by Crippen LogP contribution is -2.28. The monoisotopic (exact) mass is 282 g/mol. The molecule has 2 bridgehead atoms. The van der Waals surface area contributed by atoms with Crippen molar-refractivity contribution in [2.24, 2.45) is 28.8 Å². The van der Waals surface area contributed by atoms with Crippen molar-refractivity contribution in [2.45, 2.75) is 6.42 Å². The first-order valence-electron chi connectivity index (χ1n) is 7.04. The van der Waals surface area contributed by atoms with Crippen molar-refractivity contribution < 1.29 is 14.7 Å². The van der Waals surface area contributed by atoms with Gasteiger partial charge in [0.25, 0.3) is 11.8 Å². The summed E-state index contributed by atoms with van der Waals surface area (Å²) in [5.74, 6) is -0.240.